The molecule has 0 atom stereocenters. The topological polar surface area (TPSA) is 68.5 Å². The second-order valence-corrected chi connectivity index (χ2v) is 8.49. The van der Waals surface area contributed by atoms with Crippen LogP contribution in [0.3, 0.4) is 0 Å². The van der Waals surface area contributed by atoms with Crippen LogP contribution in [0.4, 0.5) is 0 Å². The second kappa shape index (κ2) is 11.8. The number of aryl methyl sites for hydroxylation is 1. The van der Waals surface area contributed by atoms with Crippen molar-refractivity contribution in [3.8, 4) is 0 Å². The Morgan fingerprint density at radius 3 is 2.56 bits per heavy atom. The van der Waals surface area contributed by atoms with Gasteiger partial charge in [-0.3, -0.25) is 14.7 Å². The van der Waals surface area contributed by atoms with E-state index in [0.717, 1.165) is 82.4 Å². The Morgan fingerprint density at radius 2 is 1.88 bits per heavy atom. The molecule has 0 aromatic carbocycles. The van der Waals surface area contributed by atoms with Gasteiger partial charge >= 0.3 is 0 Å². The number of carbonyl (C=O) groups is 1. The monoisotopic (exact) mass is 553 g/mol. The van der Waals surface area contributed by atoms with Crippen molar-refractivity contribution < 1.29 is 4.79 Å². The number of rotatable bonds is 6. The summed E-state index contributed by atoms with van der Waals surface area (Å²) >= 11 is 0. The maximum atomic E-state index is 12.4. The normalized spacial score (nSPS) is 17.6. The fourth-order valence-corrected chi connectivity index (χ4v) is 4.40. The molecule has 2 aliphatic heterocycles. The molecule has 32 heavy (non-hydrogen) atoms. The average molecular weight is 553 g/mol. The van der Waals surface area contributed by atoms with Crippen LogP contribution in [0.25, 0.3) is 5.65 Å². The molecular formula is C23H36IN7O. The quantitative estimate of drug-likeness (QED) is 0.337. The van der Waals surface area contributed by atoms with Gasteiger partial charge in [0.15, 0.2) is 5.96 Å². The van der Waals surface area contributed by atoms with Crippen molar-refractivity contribution >= 4 is 41.5 Å². The van der Waals surface area contributed by atoms with Crippen molar-refractivity contribution in [1.29, 1.82) is 0 Å². The molecule has 2 fully saturated rings. The Morgan fingerprint density at radius 1 is 1.12 bits per heavy atom. The molecule has 0 bridgehead atoms. The lowest BCUT2D eigenvalue weighted by Crippen LogP contribution is -2.54. The van der Waals surface area contributed by atoms with Crippen molar-refractivity contribution in [3.63, 3.8) is 0 Å². The zero-order valence-electron chi connectivity index (χ0n) is 19.3. The number of imidazole rings is 1. The standard InChI is InChI=1S/C23H35N7O.HI/c1-3-24-23(25-9-8-20-17-30-12-6-7-19(2)22(30)26-20)29-15-13-27(14-16-29)18-21(31)28-10-4-5-11-28;/h6-7,12,17H,3-5,8-11,13-16,18H2,1-2H3,(H,24,25);1H. The molecule has 0 spiro atoms. The van der Waals surface area contributed by atoms with Crippen LogP contribution < -0.4 is 5.32 Å². The Balaban J connectivity index is 0.00000289. The summed E-state index contributed by atoms with van der Waals surface area (Å²) in [5.74, 6) is 1.25. The van der Waals surface area contributed by atoms with E-state index >= 15 is 0 Å². The molecule has 2 aliphatic rings. The molecule has 176 valence electrons. The lowest BCUT2D eigenvalue weighted by Gasteiger charge is -2.36. The van der Waals surface area contributed by atoms with Crippen LogP contribution in [0.2, 0.25) is 0 Å². The van der Waals surface area contributed by atoms with E-state index in [-0.39, 0.29) is 29.9 Å². The van der Waals surface area contributed by atoms with Gasteiger partial charge < -0.3 is 19.5 Å². The number of halogens is 1. The summed E-state index contributed by atoms with van der Waals surface area (Å²) in [5, 5.41) is 3.43. The van der Waals surface area contributed by atoms with Crippen molar-refractivity contribution in [3.05, 3.63) is 35.8 Å². The van der Waals surface area contributed by atoms with E-state index in [4.69, 9.17) is 9.98 Å². The molecule has 2 saturated heterocycles. The minimum Gasteiger partial charge on any atom is -0.357 e. The fraction of sp³-hybridized carbons (Fsp3) is 0.609. The molecule has 0 radical (unpaired) electrons. The van der Waals surface area contributed by atoms with Crippen LogP contribution in [0.15, 0.2) is 29.5 Å². The molecule has 0 unspecified atom stereocenters. The minimum atomic E-state index is 0. The van der Waals surface area contributed by atoms with Gasteiger partial charge in [-0.05, 0) is 38.3 Å². The number of fused-ring (bicyclic) bond motifs is 1. The zero-order chi connectivity index (χ0) is 21.6. The van der Waals surface area contributed by atoms with E-state index in [0.29, 0.717) is 13.1 Å². The number of nitrogens with zero attached hydrogens (tertiary/aromatic N) is 6. The maximum absolute atomic E-state index is 12.4. The summed E-state index contributed by atoms with van der Waals surface area (Å²) in [5.41, 5.74) is 3.28. The summed E-state index contributed by atoms with van der Waals surface area (Å²) in [4.78, 5) is 28.6. The lowest BCUT2D eigenvalue weighted by atomic mass is 10.3. The van der Waals surface area contributed by atoms with E-state index in [1.165, 1.54) is 5.56 Å². The molecule has 9 heteroatoms. The number of hydrogen-bond donors (Lipinski definition) is 1. The summed E-state index contributed by atoms with van der Waals surface area (Å²) in [6, 6.07) is 4.14. The molecule has 2 aromatic rings. The summed E-state index contributed by atoms with van der Waals surface area (Å²) in [6.45, 7) is 11.7. The number of guanidine groups is 1. The third-order valence-electron chi connectivity index (χ3n) is 6.18. The maximum Gasteiger partial charge on any atom is 0.236 e. The highest BCUT2D eigenvalue weighted by Crippen LogP contribution is 2.11. The summed E-state index contributed by atoms with van der Waals surface area (Å²) in [6.07, 6.45) is 7.26. The molecule has 1 amide bonds. The number of pyridine rings is 1. The fourth-order valence-electron chi connectivity index (χ4n) is 4.40. The van der Waals surface area contributed by atoms with Gasteiger partial charge in [0.25, 0.3) is 0 Å². The highest BCUT2D eigenvalue weighted by atomic mass is 127. The Bertz CT molecular complexity index is 914. The summed E-state index contributed by atoms with van der Waals surface area (Å²) < 4.78 is 2.09. The lowest BCUT2D eigenvalue weighted by molar-refractivity contribution is -0.131. The van der Waals surface area contributed by atoms with E-state index in [1.807, 2.05) is 17.2 Å². The molecule has 4 heterocycles. The Hall–Kier alpha value is -1.88. The number of aromatic nitrogens is 2. The van der Waals surface area contributed by atoms with Gasteiger partial charge in [0.1, 0.15) is 5.65 Å². The highest BCUT2D eigenvalue weighted by molar-refractivity contribution is 14.0. The van der Waals surface area contributed by atoms with E-state index in [9.17, 15) is 4.79 Å². The van der Waals surface area contributed by atoms with Gasteiger partial charge in [-0.25, -0.2) is 4.98 Å². The number of nitrogens with one attached hydrogen (secondary N) is 1. The van der Waals surface area contributed by atoms with E-state index in [1.54, 1.807) is 0 Å². The van der Waals surface area contributed by atoms with Crippen molar-refractivity contribution in [2.45, 2.75) is 33.1 Å². The number of hydrogen-bond acceptors (Lipinski definition) is 4. The third kappa shape index (κ3) is 6.12. The zero-order valence-corrected chi connectivity index (χ0v) is 21.6. The Labute approximate surface area is 208 Å². The third-order valence-corrected chi connectivity index (χ3v) is 6.18. The number of likely N-dealkylation sites (tertiary alicyclic amines) is 1. The molecule has 0 saturated carbocycles. The largest absolute Gasteiger partial charge is 0.357 e. The van der Waals surface area contributed by atoms with E-state index in [2.05, 4.69) is 45.6 Å². The minimum absolute atomic E-state index is 0. The van der Waals surface area contributed by atoms with Crippen molar-refractivity contribution in [1.82, 2.24) is 29.4 Å². The average Bonchev–Trinajstić information content (AvgIpc) is 3.44. The van der Waals surface area contributed by atoms with Crippen LogP contribution >= 0.6 is 24.0 Å². The van der Waals surface area contributed by atoms with Crippen LogP contribution in [-0.2, 0) is 11.2 Å². The first-order valence-electron chi connectivity index (χ1n) is 11.6. The van der Waals surface area contributed by atoms with Gasteiger partial charge in [0, 0.05) is 71.2 Å². The van der Waals surface area contributed by atoms with Gasteiger partial charge in [-0.15, -0.1) is 24.0 Å². The molecule has 0 aliphatic carbocycles. The number of piperazine rings is 1. The molecule has 2 aromatic heterocycles. The summed E-state index contributed by atoms with van der Waals surface area (Å²) in [7, 11) is 0. The predicted octanol–water partition coefficient (Wildman–Crippen LogP) is 2.01. The molecule has 4 rings (SSSR count). The second-order valence-electron chi connectivity index (χ2n) is 8.49. The smallest absolute Gasteiger partial charge is 0.236 e. The van der Waals surface area contributed by atoms with Gasteiger partial charge in [0.05, 0.1) is 12.2 Å². The van der Waals surface area contributed by atoms with E-state index < -0.39 is 0 Å². The molecular weight excluding hydrogens is 517 g/mol. The first-order valence-corrected chi connectivity index (χ1v) is 11.6. The predicted molar refractivity (Wildman–Crippen MR) is 139 cm³/mol. The van der Waals surface area contributed by atoms with Gasteiger partial charge in [-0.2, -0.15) is 0 Å². The molecule has 1 N–H and O–H groups in total. The van der Waals surface area contributed by atoms with Crippen molar-refractivity contribution in [2.75, 3.05) is 58.9 Å². The van der Waals surface area contributed by atoms with Crippen LogP contribution in [0.5, 0.6) is 0 Å². The molecule has 8 nitrogen and oxygen atoms in total. The van der Waals surface area contributed by atoms with Gasteiger partial charge in [-0.1, -0.05) is 6.07 Å². The van der Waals surface area contributed by atoms with Gasteiger partial charge in [0.2, 0.25) is 5.91 Å². The number of aliphatic imine (C=N–C) groups is 1. The van der Waals surface area contributed by atoms with Crippen LogP contribution in [-0.4, -0.2) is 94.9 Å². The number of amides is 1. The van der Waals surface area contributed by atoms with Crippen LogP contribution in [0.1, 0.15) is 31.0 Å². The first kappa shape index (κ1) is 24.8. The van der Waals surface area contributed by atoms with Crippen LogP contribution in [0, 0.1) is 6.92 Å². The Kier molecular flexibility index (Phi) is 9.15. The first-order chi connectivity index (χ1) is 15.1. The SMILES string of the molecule is CCNC(=NCCc1cn2cccc(C)c2n1)N1CCN(CC(=O)N2CCCC2)CC1.I. The highest BCUT2D eigenvalue weighted by Gasteiger charge is 2.24. The number of carbonyl (C=O) groups excluding carboxylic acids is 1. The van der Waals surface area contributed by atoms with Crippen molar-refractivity contribution in [2.24, 2.45) is 4.99 Å².